The van der Waals surface area contributed by atoms with Gasteiger partial charge in [0.15, 0.2) is 11.5 Å². The largest absolute Gasteiger partial charge is 0.486 e. The van der Waals surface area contributed by atoms with Gasteiger partial charge >= 0.3 is 0 Å². The molecule has 1 N–H and O–H groups in total. The first kappa shape index (κ1) is 16.4. The number of carbonyl (C=O) groups excluding carboxylic acids is 1. The highest BCUT2D eigenvalue weighted by Crippen LogP contribution is 2.30. The number of nitrogens with one attached hydrogen (secondary N) is 1. The molecule has 0 unspecified atom stereocenters. The molecular weight excluding hydrogens is 302 g/mol. The van der Waals surface area contributed by atoms with Crippen LogP contribution in [0.2, 0.25) is 0 Å². The van der Waals surface area contributed by atoms with Gasteiger partial charge < -0.3 is 14.8 Å². The zero-order valence-electron chi connectivity index (χ0n) is 14.2. The second-order valence-electron chi connectivity index (χ2n) is 6.22. The van der Waals surface area contributed by atoms with E-state index in [1.165, 1.54) is 16.7 Å². The van der Waals surface area contributed by atoms with E-state index < -0.39 is 0 Å². The molecule has 2 aromatic carbocycles. The van der Waals surface area contributed by atoms with Gasteiger partial charge in [-0.2, -0.15) is 0 Å². The fraction of sp³-hybridized carbons (Fsp3) is 0.350. The zero-order chi connectivity index (χ0) is 16.9. The standard InChI is InChI=1S/C20H23NO3/c1-14-7-8-16(11-15(14)2)9-10-20(22)21-12-17-13-23-18-5-3-4-6-19(18)24-17/h3-8,11,17H,9-10,12-13H2,1-2H3,(H,21,22)/t17-/m1/s1. The van der Waals surface area contributed by atoms with E-state index in [2.05, 4.69) is 37.4 Å². The van der Waals surface area contributed by atoms with E-state index in [1.54, 1.807) is 0 Å². The maximum absolute atomic E-state index is 12.0. The predicted molar refractivity (Wildman–Crippen MR) is 93.6 cm³/mol. The Morgan fingerprint density at radius 1 is 1.12 bits per heavy atom. The van der Waals surface area contributed by atoms with Crippen LogP contribution in [-0.2, 0) is 11.2 Å². The molecule has 1 heterocycles. The minimum Gasteiger partial charge on any atom is -0.486 e. The molecule has 1 aliphatic rings. The van der Waals surface area contributed by atoms with Crippen molar-refractivity contribution in [2.45, 2.75) is 32.8 Å². The number of para-hydroxylation sites is 2. The van der Waals surface area contributed by atoms with Gasteiger partial charge in [-0.15, -0.1) is 0 Å². The Labute approximate surface area is 142 Å². The molecule has 4 nitrogen and oxygen atoms in total. The maximum Gasteiger partial charge on any atom is 0.220 e. The lowest BCUT2D eigenvalue weighted by molar-refractivity contribution is -0.121. The number of ether oxygens (including phenoxy) is 2. The number of aryl methyl sites for hydroxylation is 3. The number of fused-ring (bicyclic) bond motifs is 1. The number of benzene rings is 2. The summed E-state index contributed by atoms with van der Waals surface area (Å²) < 4.78 is 11.5. The minimum absolute atomic E-state index is 0.0377. The average Bonchev–Trinajstić information content (AvgIpc) is 2.60. The Kier molecular flexibility index (Phi) is 5.04. The van der Waals surface area contributed by atoms with E-state index in [0.29, 0.717) is 19.6 Å². The van der Waals surface area contributed by atoms with Crippen molar-refractivity contribution in [3.63, 3.8) is 0 Å². The Morgan fingerprint density at radius 3 is 2.71 bits per heavy atom. The molecule has 0 fully saturated rings. The lowest BCUT2D eigenvalue weighted by Gasteiger charge is -2.26. The Balaban J connectivity index is 1.44. The maximum atomic E-state index is 12.0. The molecule has 1 atom stereocenters. The lowest BCUT2D eigenvalue weighted by Crippen LogP contribution is -2.40. The summed E-state index contributed by atoms with van der Waals surface area (Å²) in [4.78, 5) is 12.0. The van der Waals surface area contributed by atoms with Crippen LogP contribution in [0.15, 0.2) is 42.5 Å². The summed E-state index contributed by atoms with van der Waals surface area (Å²) in [6.07, 6.45) is 1.08. The van der Waals surface area contributed by atoms with Gasteiger partial charge in [0, 0.05) is 6.42 Å². The van der Waals surface area contributed by atoms with E-state index in [-0.39, 0.29) is 12.0 Å². The van der Waals surface area contributed by atoms with Gasteiger partial charge in [0.1, 0.15) is 12.7 Å². The molecule has 126 valence electrons. The molecule has 0 spiro atoms. The van der Waals surface area contributed by atoms with E-state index in [4.69, 9.17) is 9.47 Å². The highest BCUT2D eigenvalue weighted by Gasteiger charge is 2.20. The van der Waals surface area contributed by atoms with Gasteiger partial charge in [-0.25, -0.2) is 0 Å². The van der Waals surface area contributed by atoms with Crippen LogP contribution in [0, 0.1) is 13.8 Å². The fourth-order valence-corrected chi connectivity index (χ4v) is 2.70. The van der Waals surface area contributed by atoms with Crippen molar-refractivity contribution in [1.82, 2.24) is 5.32 Å². The van der Waals surface area contributed by atoms with Crippen LogP contribution in [0.3, 0.4) is 0 Å². The molecule has 1 amide bonds. The van der Waals surface area contributed by atoms with Gasteiger partial charge in [-0.05, 0) is 49.1 Å². The molecule has 0 aromatic heterocycles. The van der Waals surface area contributed by atoms with E-state index >= 15 is 0 Å². The van der Waals surface area contributed by atoms with Crippen LogP contribution >= 0.6 is 0 Å². The van der Waals surface area contributed by atoms with Crippen molar-refractivity contribution >= 4 is 5.91 Å². The van der Waals surface area contributed by atoms with Crippen LogP contribution in [0.25, 0.3) is 0 Å². The molecule has 3 rings (SSSR count). The van der Waals surface area contributed by atoms with Crippen LogP contribution in [-0.4, -0.2) is 25.2 Å². The fourth-order valence-electron chi connectivity index (χ4n) is 2.70. The third-order valence-electron chi connectivity index (χ3n) is 4.31. The number of hydrogen-bond donors (Lipinski definition) is 1. The second-order valence-corrected chi connectivity index (χ2v) is 6.22. The summed E-state index contributed by atoms with van der Waals surface area (Å²) in [5.74, 6) is 1.53. The van der Waals surface area contributed by atoms with Crippen molar-refractivity contribution in [1.29, 1.82) is 0 Å². The van der Waals surface area contributed by atoms with Gasteiger partial charge in [-0.1, -0.05) is 30.3 Å². The first-order valence-corrected chi connectivity index (χ1v) is 8.33. The first-order valence-electron chi connectivity index (χ1n) is 8.33. The monoisotopic (exact) mass is 325 g/mol. The molecular formula is C20H23NO3. The second kappa shape index (κ2) is 7.39. The van der Waals surface area contributed by atoms with Crippen molar-refractivity contribution in [2.24, 2.45) is 0 Å². The number of amides is 1. The van der Waals surface area contributed by atoms with Crippen LogP contribution < -0.4 is 14.8 Å². The van der Waals surface area contributed by atoms with Crippen LogP contribution in [0.4, 0.5) is 0 Å². The molecule has 24 heavy (non-hydrogen) atoms. The lowest BCUT2D eigenvalue weighted by atomic mass is 10.0. The summed E-state index contributed by atoms with van der Waals surface area (Å²) in [6, 6.07) is 13.9. The number of hydrogen-bond acceptors (Lipinski definition) is 3. The van der Waals surface area contributed by atoms with Gasteiger partial charge in [0.05, 0.1) is 6.54 Å². The highest BCUT2D eigenvalue weighted by molar-refractivity contribution is 5.76. The molecule has 0 bridgehead atoms. The van der Waals surface area contributed by atoms with Crippen LogP contribution in [0.1, 0.15) is 23.1 Å². The normalized spacial score (nSPS) is 15.8. The number of carbonyl (C=O) groups is 1. The van der Waals surface area contributed by atoms with E-state index in [0.717, 1.165) is 17.9 Å². The third kappa shape index (κ3) is 4.07. The molecule has 0 radical (unpaired) electrons. The van der Waals surface area contributed by atoms with Crippen LogP contribution in [0.5, 0.6) is 11.5 Å². The highest BCUT2D eigenvalue weighted by atomic mass is 16.6. The van der Waals surface area contributed by atoms with E-state index in [9.17, 15) is 4.79 Å². The summed E-state index contributed by atoms with van der Waals surface area (Å²) in [7, 11) is 0. The SMILES string of the molecule is Cc1ccc(CCC(=O)NC[C@@H]2COc3ccccc3O2)cc1C. The molecule has 0 saturated heterocycles. The van der Waals surface area contributed by atoms with Crippen molar-refractivity contribution in [3.05, 3.63) is 59.2 Å². The van der Waals surface area contributed by atoms with Gasteiger partial charge in [-0.3, -0.25) is 4.79 Å². The third-order valence-corrected chi connectivity index (χ3v) is 4.31. The smallest absolute Gasteiger partial charge is 0.220 e. The summed E-state index contributed by atoms with van der Waals surface area (Å²) in [6.45, 7) is 5.10. The molecule has 2 aromatic rings. The predicted octanol–water partition coefficient (Wildman–Crippen LogP) is 3.19. The molecule has 1 aliphatic heterocycles. The van der Waals surface area contributed by atoms with Crippen molar-refractivity contribution < 1.29 is 14.3 Å². The Hall–Kier alpha value is -2.49. The Morgan fingerprint density at radius 2 is 1.92 bits per heavy atom. The van der Waals surface area contributed by atoms with E-state index in [1.807, 2.05) is 24.3 Å². The Bertz CT molecular complexity index is 727. The topological polar surface area (TPSA) is 47.6 Å². The summed E-state index contributed by atoms with van der Waals surface area (Å²) in [5.41, 5.74) is 3.73. The van der Waals surface area contributed by atoms with Gasteiger partial charge in [0.2, 0.25) is 5.91 Å². The van der Waals surface area contributed by atoms with Crippen molar-refractivity contribution in [3.8, 4) is 11.5 Å². The summed E-state index contributed by atoms with van der Waals surface area (Å²) in [5, 5.41) is 2.94. The minimum atomic E-state index is -0.148. The quantitative estimate of drug-likeness (QED) is 0.918. The summed E-state index contributed by atoms with van der Waals surface area (Å²) >= 11 is 0. The van der Waals surface area contributed by atoms with Crippen molar-refractivity contribution in [2.75, 3.05) is 13.2 Å². The average molecular weight is 325 g/mol. The molecule has 0 aliphatic carbocycles. The first-order chi connectivity index (χ1) is 11.6. The van der Waals surface area contributed by atoms with Gasteiger partial charge in [0.25, 0.3) is 0 Å². The number of rotatable bonds is 5. The zero-order valence-corrected chi connectivity index (χ0v) is 14.2. The molecule has 0 saturated carbocycles. The molecule has 4 heteroatoms.